The molecule has 4 aromatic carbocycles. The number of hydrogen-bond donors (Lipinski definition) is 2. The van der Waals surface area contributed by atoms with E-state index >= 15 is 0 Å². The average Bonchev–Trinajstić information content (AvgIpc) is 3.03. The van der Waals surface area contributed by atoms with E-state index in [0.717, 1.165) is 33.9 Å². The lowest BCUT2D eigenvalue weighted by atomic mass is 10.0. The molecule has 4 aromatic rings. The zero-order chi connectivity index (χ0) is 20.7. The molecule has 1 aliphatic carbocycles. The number of ketones is 1. The van der Waals surface area contributed by atoms with E-state index in [0.29, 0.717) is 21.2 Å². The predicted octanol–water partition coefficient (Wildman–Crippen LogP) is 7.69. The summed E-state index contributed by atoms with van der Waals surface area (Å²) in [6.45, 7) is 0. The van der Waals surface area contributed by atoms with Crippen molar-refractivity contribution in [2.75, 3.05) is 10.6 Å². The van der Waals surface area contributed by atoms with Crippen LogP contribution in [-0.4, -0.2) is 5.78 Å². The lowest BCUT2D eigenvalue weighted by Crippen LogP contribution is -1.98. The number of halogens is 2. The number of anilines is 4. The Kier molecular flexibility index (Phi) is 4.70. The van der Waals surface area contributed by atoms with Crippen molar-refractivity contribution >= 4 is 51.7 Å². The molecule has 0 heterocycles. The van der Waals surface area contributed by atoms with Gasteiger partial charge in [-0.25, -0.2) is 0 Å². The Morgan fingerprint density at radius 3 is 1.40 bits per heavy atom. The van der Waals surface area contributed by atoms with Gasteiger partial charge in [0.25, 0.3) is 0 Å². The summed E-state index contributed by atoms with van der Waals surface area (Å²) in [5.41, 5.74) is 6.46. The summed E-state index contributed by atoms with van der Waals surface area (Å²) < 4.78 is 0. The van der Waals surface area contributed by atoms with Gasteiger partial charge in [-0.15, -0.1) is 0 Å². The maximum absolute atomic E-state index is 13.1. The number of fused-ring (bicyclic) bond motifs is 3. The molecular formula is C25H16Cl2N2O. The van der Waals surface area contributed by atoms with Crippen molar-refractivity contribution < 1.29 is 4.79 Å². The summed E-state index contributed by atoms with van der Waals surface area (Å²) in [7, 11) is 0. The molecule has 2 N–H and O–H groups in total. The summed E-state index contributed by atoms with van der Waals surface area (Å²) in [5.74, 6) is 0.00520. The highest BCUT2D eigenvalue weighted by Gasteiger charge is 2.27. The van der Waals surface area contributed by atoms with E-state index in [1.807, 2.05) is 84.9 Å². The van der Waals surface area contributed by atoms with Crippen LogP contribution in [0.3, 0.4) is 0 Å². The van der Waals surface area contributed by atoms with E-state index in [1.54, 1.807) is 0 Å². The number of nitrogens with one attached hydrogen (secondary N) is 2. The summed E-state index contributed by atoms with van der Waals surface area (Å²) in [5, 5.41) is 7.83. The molecule has 0 aliphatic heterocycles. The fourth-order valence-electron chi connectivity index (χ4n) is 3.67. The second-order valence-electron chi connectivity index (χ2n) is 7.06. The van der Waals surface area contributed by atoms with Gasteiger partial charge in [0.2, 0.25) is 0 Å². The van der Waals surface area contributed by atoms with E-state index in [1.165, 1.54) is 0 Å². The van der Waals surface area contributed by atoms with Gasteiger partial charge in [0, 0.05) is 22.5 Å². The average molecular weight is 431 g/mol. The molecule has 0 spiro atoms. The lowest BCUT2D eigenvalue weighted by Gasteiger charge is -2.10. The third-order valence-electron chi connectivity index (χ3n) is 5.12. The van der Waals surface area contributed by atoms with Gasteiger partial charge in [0.1, 0.15) is 0 Å². The zero-order valence-corrected chi connectivity index (χ0v) is 17.3. The summed E-state index contributed by atoms with van der Waals surface area (Å²) in [4.78, 5) is 13.1. The number of carbonyl (C=O) groups is 1. The van der Waals surface area contributed by atoms with Crippen LogP contribution in [0, 0.1) is 0 Å². The van der Waals surface area contributed by atoms with Crippen molar-refractivity contribution in [1.29, 1.82) is 0 Å². The van der Waals surface area contributed by atoms with E-state index in [9.17, 15) is 4.79 Å². The van der Waals surface area contributed by atoms with Crippen molar-refractivity contribution in [2.45, 2.75) is 0 Å². The molecule has 0 bridgehead atoms. The van der Waals surface area contributed by atoms with Gasteiger partial charge in [0.15, 0.2) is 5.78 Å². The summed E-state index contributed by atoms with van der Waals surface area (Å²) in [6, 6.07) is 26.7. The van der Waals surface area contributed by atoms with Gasteiger partial charge >= 0.3 is 0 Å². The second kappa shape index (κ2) is 7.52. The third-order valence-corrected chi connectivity index (χ3v) is 5.78. The van der Waals surface area contributed by atoms with Crippen molar-refractivity contribution in [3.05, 3.63) is 106 Å². The van der Waals surface area contributed by atoms with Crippen LogP contribution in [0.15, 0.2) is 84.9 Å². The fraction of sp³-hybridized carbons (Fsp3) is 0. The first kappa shape index (κ1) is 18.7. The molecular weight excluding hydrogens is 415 g/mol. The van der Waals surface area contributed by atoms with Gasteiger partial charge in [-0.3, -0.25) is 4.79 Å². The van der Waals surface area contributed by atoms with E-state index in [-0.39, 0.29) is 5.78 Å². The van der Waals surface area contributed by atoms with E-state index < -0.39 is 0 Å². The maximum Gasteiger partial charge on any atom is 0.194 e. The van der Waals surface area contributed by atoms with Crippen LogP contribution in [0.1, 0.15) is 15.9 Å². The molecule has 5 heteroatoms. The highest BCUT2D eigenvalue weighted by atomic mass is 35.5. The van der Waals surface area contributed by atoms with Crippen LogP contribution < -0.4 is 10.6 Å². The second-order valence-corrected chi connectivity index (χ2v) is 7.87. The quantitative estimate of drug-likeness (QED) is 0.306. The molecule has 0 aromatic heterocycles. The molecule has 0 saturated carbocycles. The Labute approximate surface area is 184 Å². The zero-order valence-electron chi connectivity index (χ0n) is 15.7. The number of para-hydroxylation sites is 2. The van der Waals surface area contributed by atoms with Crippen molar-refractivity contribution in [3.63, 3.8) is 0 Å². The molecule has 0 unspecified atom stereocenters. The Hall–Kier alpha value is -3.27. The Morgan fingerprint density at radius 1 is 0.533 bits per heavy atom. The normalized spacial score (nSPS) is 11.7. The van der Waals surface area contributed by atoms with Gasteiger partial charge in [0.05, 0.1) is 21.4 Å². The van der Waals surface area contributed by atoms with Crippen LogP contribution in [-0.2, 0) is 0 Å². The van der Waals surface area contributed by atoms with Gasteiger partial charge < -0.3 is 10.6 Å². The largest absolute Gasteiger partial charge is 0.354 e. The Balaban J connectivity index is 1.46. The van der Waals surface area contributed by atoms with Crippen molar-refractivity contribution in [3.8, 4) is 11.1 Å². The Bertz CT molecular complexity index is 1200. The number of hydrogen-bond acceptors (Lipinski definition) is 3. The molecule has 5 rings (SSSR count). The Morgan fingerprint density at radius 2 is 0.967 bits per heavy atom. The first-order valence-corrected chi connectivity index (χ1v) is 10.2. The smallest absolute Gasteiger partial charge is 0.194 e. The topological polar surface area (TPSA) is 41.1 Å². The number of benzene rings is 4. The minimum Gasteiger partial charge on any atom is -0.354 e. The van der Waals surface area contributed by atoms with Crippen LogP contribution >= 0.6 is 23.2 Å². The highest BCUT2D eigenvalue weighted by Crippen LogP contribution is 2.40. The van der Waals surface area contributed by atoms with Gasteiger partial charge in [-0.05, 0) is 59.7 Å². The first-order chi connectivity index (χ1) is 14.6. The van der Waals surface area contributed by atoms with Crippen molar-refractivity contribution in [1.82, 2.24) is 0 Å². The SMILES string of the molecule is O=C1c2cc(Nc3ccccc3Cl)ccc2-c2ccc(Nc3ccccc3Cl)cc21. The summed E-state index contributed by atoms with van der Waals surface area (Å²) in [6.07, 6.45) is 0. The lowest BCUT2D eigenvalue weighted by molar-refractivity contribution is 0.104. The minimum atomic E-state index is 0.00520. The minimum absolute atomic E-state index is 0.00520. The van der Waals surface area contributed by atoms with Crippen LogP contribution in [0.25, 0.3) is 11.1 Å². The molecule has 0 radical (unpaired) electrons. The number of rotatable bonds is 4. The molecule has 30 heavy (non-hydrogen) atoms. The molecule has 0 fully saturated rings. The standard InChI is InChI=1S/C25H16Cl2N2O/c26-21-5-1-3-7-23(21)28-15-9-11-17-18-12-10-16(14-20(18)25(30)19(17)13-15)29-24-8-4-2-6-22(24)27/h1-14,28-29H. The first-order valence-electron chi connectivity index (χ1n) is 9.46. The third kappa shape index (κ3) is 3.32. The molecule has 0 saturated heterocycles. The molecule has 0 amide bonds. The fourth-order valence-corrected chi connectivity index (χ4v) is 4.04. The van der Waals surface area contributed by atoms with Crippen LogP contribution in [0.2, 0.25) is 10.0 Å². The molecule has 0 atom stereocenters. The van der Waals surface area contributed by atoms with Gasteiger partial charge in [-0.2, -0.15) is 0 Å². The van der Waals surface area contributed by atoms with Gasteiger partial charge in [-0.1, -0.05) is 59.6 Å². The molecule has 3 nitrogen and oxygen atoms in total. The van der Waals surface area contributed by atoms with Crippen molar-refractivity contribution in [2.24, 2.45) is 0 Å². The highest BCUT2D eigenvalue weighted by molar-refractivity contribution is 6.33. The summed E-state index contributed by atoms with van der Waals surface area (Å²) >= 11 is 12.5. The predicted molar refractivity (Wildman–Crippen MR) is 125 cm³/mol. The molecule has 1 aliphatic rings. The molecule has 146 valence electrons. The van der Waals surface area contributed by atoms with Crippen LogP contribution in [0.4, 0.5) is 22.7 Å². The van der Waals surface area contributed by atoms with E-state index in [2.05, 4.69) is 10.6 Å². The number of carbonyl (C=O) groups excluding carboxylic acids is 1. The van der Waals surface area contributed by atoms with E-state index in [4.69, 9.17) is 23.2 Å². The van der Waals surface area contributed by atoms with Crippen LogP contribution in [0.5, 0.6) is 0 Å². The maximum atomic E-state index is 13.1. The monoisotopic (exact) mass is 430 g/mol.